The summed E-state index contributed by atoms with van der Waals surface area (Å²) in [6.45, 7) is 0. The second kappa shape index (κ2) is 7.36. The highest BCUT2D eigenvalue weighted by atomic mass is 32.2. The van der Waals surface area contributed by atoms with Crippen LogP contribution in [0, 0.1) is 0 Å². The molecule has 0 aliphatic rings. The molecule has 0 radical (unpaired) electrons. The summed E-state index contributed by atoms with van der Waals surface area (Å²) < 4.78 is 17.2. The van der Waals surface area contributed by atoms with E-state index in [4.69, 9.17) is 4.74 Å². The van der Waals surface area contributed by atoms with E-state index >= 15 is 0 Å². The Balaban J connectivity index is 1.84. The Bertz CT molecular complexity index is 591. The Morgan fingerprint density at radius 1 is 1.30 bits per heavy atom. The number of carbonyl (C=O) groups is 1. The summed E-state index contributed by atoms with van der Waals surface area (Å²) in [5.74, 6) is 1.32. The molecule has 0 fully saturated rings. The molecule has 1 heterocycles. The maximum Gasteiger partial charge on any atom is 0.172 e. The van der Waals surface area contributed by atoms with Crippen LogP contribution in [0.3, 0.4) is 0 Å². The molecule has 2 aromatic rings. The lowest BCUT2D eigenvalue weighted by Gasteiger charge is -2.04. The van der Waals surface area contributed by atoms with E-state index < -0.39 is 10.8 Å². The highest BCUT2D eigenvalue weighted by Gasteiger charge is 2.09. The fraction of sp³-hybridized carbons (Fsp3) is 0.267. The topological polar surface area (TPSA) is 43.4 Å². The summed E-state index contributed by atoms with van der Waals surface area (Å²) in [5.41, 5.74) is 0. The molecule has 0 aliphatic heterocycles. The van der Waals surface area contributed by atoms with Crippen molar-refractivity contribution in [3.63, 3.8) is 0 Å². The van der Waals surface area contributed by atoms with Gasteiger partial charge in [-0.2, -0.15) is 0 Å². The largest absolute Gasteiger partial charge is 0.497 e. The molecule has 0 aliphatic carbocycles. The van der Waals surface area contributed by atoms with Gasteiger partial charge in [-0.1, -0.05) is 12.1 Å². The summed E-state index contributed by atoms with van der Waals surface area (Å²) in [6, 6.07) is 10.9. The first-order valence-corrected chi connectivity index (χ1v) is 8.49. The van der Waals surface area contributed by atoms with Crippen molar-refractivity contribution >= 4 is 27.9 Å². The van der Waals surface area contributed by atoms with Crippen molar-refractivity contribution in [1.82, 2.24) is 0 Å². The van der Waals surface area contributed by atoms with Gasteiger partial charge >= 0.3 is 0 Å². The minimum atomic E-state index is -1.09. The molecule has 0 amide bonds. The maximum atomic E-state index is 12.1. The van der Waals surface area contributed by atoms with Gasteiger partial charge in [0.1, 0.15) is 5.75 Å². The number of thiophene rings is 1. The zero-order valence-corrected chi connectivity index (χ0v) is 12.8. The van der Waals surface area contributed by atoms with Crippen LogP contribution in [0.15, 0.2) is 46.7 Å². The van der Waals surface area contributed by atoms with Gasteiger partial charge in [0.15, 0.2) is 5.78 Å². The van der Waals surface area contributed by atoms with Crippen LogP contribution >= 0.6 is 11.3 Å². The van der Waals surface area contributed by atoms with Gasteiger partial charge in [0, 0.05) is 17.1 Å². The number of ether oxygens (including phenoxy) is 1. The predicted octanol–water partition coefficient (Wildman–Crippen LogP) is 3.53. The van der Waals surface area contributed by atoms with E-state index in [-0.39, 0.29) is 5.78 Å². The molecule has 0 saturated heterocycles. The quantitative estimate of drug-likeness (QED) is 0.735. The molecule has 1 aromatic heterocycles. The van der Waals surface area contributed by atoms with Gasteiger partial charge in [-0.05, 0) is 36.1 Å². The lowest BCUT2D eigenvalue weighted by molar-refractivity contribution is 0.0986. The van der Waals surface area contributed by atoms with Crippen molar-refractivity contribution in [2.45, 2.75) is 17.7 Å². The summed E-state index contributed by atoms with van der Waals surface area (Å²) >= 11 is 1.45. The molecule has 0 saturated carbocycles. The Labute approximate surface area is 125 Å². The summed E-state index contributed by atoms with van der Waals surface area (Å²) in [5, 5.41) is 1.89. The highest BCUT2D eigenvalue weighted by molar-refractivity contribution is 7.85. The first-order chi connectivity index (χ1) is 9.70. The molecule has 2 rings (SSSR count). The Kier molecular flexibility index (Phi) is 5.49. The van der Waals surface area contributed by atoms with Gasteiger partial charge < -0.3 is 4.74 Å². The van der Waals surface area contributed by atoms with Crippen molar-refractivity contribution in [2.24, 2.45) is 0 Å². The molecule has 1 atom stereocenters. The van der Waals surface area contributed by atoms with Crippen LogP contribution in [-0.4, -0.2) is 22.9 Å². The summed E-state index contributed by atoms with van der Waals surface area (Å²) in [6.07, 6.45) is 1.07. The van der Waals surface area contributed by atoms with Crippen LogP contribution in [0.25, 0.3) is 0 Å². The van der Waals surface area contributed by atoms with Gasteiger partial charge in [0.25, 0.3) is 0 Å². The van der Waals surface area contributed by atoms with Crippen LogP contribution < -0.4 is 4.74 Å². The van der Waals surface area contributed by atoms with E-state index in [9.17, 15) is 9.00 Å². The smallest absolute Gasteiger partial charge is 0.172 e. The minimum absolute atomic E-state index is 0.127. The van der Waals surface area contributed by atoms with Crippen molar-refractivity contribution in [1.29, 1.82) is 0 Å². The third-order valence-electron chi connectivity index (χ3n) is 2.83. The zero-order chi connectivity index (χ0) is 14.4. The van der Waals surface area contributed by atoms with Crippen molar-refractivity contribution in [3.8, 4) is 5.75 Å². The maximum absolute atomic E-state index is 12.1. The first kappa shape index (κ1) is 14.9. The number of carbonyl (C=O) groups excluding carboxylic acids is 1. The molecule has 1 aromatic carbocycles. The van der Waals surface area contributed by atoms with Crippen LogP contribution in [0.5, 0.6) is 5.75 Å². The molecule has 3 nitrogen and oxygen atoms in total. The molecular weight excluding hydrogens is 292 g/mol. The van der Waals surface area contributed by atoms with Crippen molar-refractivity contribution in [3.05, 3.63) is 46.7 Å². The van der Waals surface area contributed by atoms with E-state index in [1.165, 1.54) is 11.3 Å². The summed E-state index contributed by atoms with van der Waals surface area (Å²) in [7, 11) is 0.498. The normalized spacial score (nSPS) is 12.1. The monoisotopic (exact) mass is 308 g/mol. The molecular formula is C15H16O3S2. The zero-order valence-electron chi connectivity index (χ0n) is 11.2. The lowest BCUT2D eigenvalue weighted by Crippen LogP contribution is -2.03. The van der Waals surface area contributed by atoms with Crippen LogP contribution in [0.1, 0.15) is 22.5 Å². The molecule has 20 heavy (non-hydrogen) atoms. The Morgan fingerprint density at radius 2 is 2.15 bits per heavy atom. The minimum Gasteiger partial charge on any atom is -0.497 e. The number of Topliss-reactive ketones (excluding diaryl/α,β-unsaturated/α-hetero) is 1. The third-order valence-corrected chi connectivity index (χ3v) is 5.18. The Morgan fingerprint density at radius 3 is 2.85 bits per heavy atom. The van der Waals surface area contributed by atoms with E-state index in [0.717, 1.165) is 9.77 Å². The predicted molar refractivity (Wildman–Crippen MR) is 82.2 cm³/mol. The number of ketones is 1. The highest BCUT2D eigenvalue weighted by Crippen LogP contribution is 2.17. The number of rotatable bonds is 7. The third kappa shape index (κ3) is 4.02. The van der Waals surface area contributed by atoms with E-state index in [0.29, 0.717) is 24.3 Å². The standard InChI is InChI=1S/C15H16O3S2/c1-18-12-5-2-6-13(11-12)20(17)10-4-7-14(16)15-8-3-9-19-15/h2-3,5-6,8-9,11H,4,7,10H2,1H3. The van der Waals surface area contributed by atoms with Gasteiger partial charge in [-0.25, -0.2) is 0 Å². The van der Waals surface area contributed by atoms with E-state index in [1.54, 1.807) is 13.2 Å². The van der Waals surface area contributed by atoms with Crippen LogP contribution in [0.4, 0.5) is 0 Å². The van der Waals surface area contributed by atoms with Crippen molar-refractivity contribution in [2.75, 3.05) is 12.9 Å². The van der Waals surface area contributed by atoms with Gasteiger partial charge in [0.05, 0.1) is 22.8 Å². The first-order valence-electron chi connectivity index (χ1n) is 6.30. The van der Waals surface area contributed by atoms with Gasteiger partial charge in [-0.3, -0.25) is 9.00 Å². The fourth-order valence-corrected chi connectivity index (χ4v) is 3.60. The van der Waals surface area contributed by atoms with Gasteiger partial charge in [-0.15, -0.1) is 11.3 Å². The SMILES string of the molecule is COc1cccc(S(=O)CCCC(=O)c2cccs2)c1. The molecule has 106 valence electrons. The fourth-order valence-electron chi connectivity index (χ4n) is 1.78. The molecule has 0 N–H and O–H groups in total. The average molecular weight is 308 g/mol. The molecule has 1 unspecified atom stereocenters. The molecule has 5 heteroatoms. The van der Waals surface area contributed by atoms with Crippen LogP contribution in [-0.2, 0) is 10.8 Å². The number of hydrogen-bond acceptors (Lipinski definition) is 4. The number of methoxy groups -OCH3 is 1. The number of hydrogen-bond donors (Lipinski definition) is 0. The average Bonchev–Trinajstić information content (AvgIpc) is 3.01. The van der Waals surface area contributed by atoms with Crippen molar-refractivity contribution < 1.29 is 13.7 Å². The Hall–Kier alpha value is -1.46. The summed E-state index contributed by atoms with van der Waals surface area (Å²) in [4.78, 5) is 13.3. The molecule has 0 spiro atoms. The second-order valence-electron chi connectivity index (χ2n) is 4.23. The van der Waals surface area contributed by atoms with Gasteiger partial charge in [0.2, 0.25) is 0 Å². The van der Waals surface area contributed by atoms with E-state index in [1.807, 2.05) is 35.7 Å². The second-order valence-corrected chi connectivity index (χ2v) is 6.75. The lowest BCUT2D eigenvalue weighted by atomic mass is 10.2. The van der Waals surface area contributed by atoms with E-state index in [2.05, 4.69) is 0 Å². The number of benzene rings is 1. The van der Waals surface area contributed by atoms with Crippen LogP contribution in [0.2, 0.25) is 0 Å². The molecule has 0 bridgehead atoms.